The Kier molecular flexibility index (Phi) is 4.52. The first kappa shape index (κ1) is 13.5. The summed E-state index contributed by atoms with van der Waals surface area (Å²) in [5, 5.41) is 4.57. The number of hydrogen-bond acceptors (Lipinski definition) is 4. The molecule has 0 aliphatic heterocycles. The third-order valence-corrected chi connectivity index (χ3v) is 3.15. The fraction of sp³-hybridized carbons (Fsp3) is 0.286. The molecule has 0 fully saturated rings. The molecule has 0 saturated heterocycles. The van der Waals surface area contributed by atoms with E-state index in [1.54, 1.807) is 10.9 Å². The Labute approximate surface area is 116 Å². The molecule has 0 aliphatic rings. The van der Waals surface area contributed by atoms with E-state index in [2.05, 4.69) is 10.3 Å². The maximum absolute atomic E-state index is 11.7. The number of aromatic nitrogens is 1. The molecule has 1 N–H and O–H groups in total. The van der Waals surface area contributed by atoms with E-state index in [1.165, 1.54) is 16.9 Å². The fourth-order valence-electron chi connectivity index (χ4n) is 1.52. The Morgan fingerprint density at radius 1 is 1.42 bits per heavy atom. The van der Waals surface area contributed by atoms with Gasteiger partial charge in [0.25, 0.3) is 5.91 Å². The Bertz CT molecular complexity index is 523. The molecule has 19 heavy (non-hydrogen) atoms. The summed E-state index contributed by atoms with van der Waals surface area (Å²) in [4.78, 5) is 15.7. The quantitative estimate of drug-likeness (QED) is 0.913. The van der Waals surface area contributed by atoms with E-state index in [9.17, 15) is 4.79 Å². The zero-order valence-electron chi connectivity index (χ0n) is 10.9. The van der Waals surface area contributed by atoms with Crippen LogP contribution in [0.2, 0.25) is 0 Å². The number of aryl methyl sites for hydroxylation is 1. The number of nitrogens with one attached hydrogen (secondary N) is 1. The van der Waals surface area contributed by atoms with Gasteiger partial charge in [0.05, 0.1) is 11.6 Å². The second kappa shape index (κ2) is 6.33. The minimum Gasteiger partial charge on any atom is -0.491 e. The number of hydrogen-bond donors (Lipinski definition) is 1. The van der Waals surface area contributed by atoms with Gasteiger partial charge >= 0.3 is 0 Å². The minimum absolute atomic E-state index is 0.0736. The van der Waals surface area contributed by atoms with Gasteiger partial charge in [-0.2, -0.15) is 0 Å². The van der Waals surface area contributed by atoms with Crippen LogP contribution in [0.1, 0.15) is 23.0 Å². The van der Waals surface area contributed by atoms with Crippen molar-refractivity contribution in [1.82, 2.24) is 10.3 Å². The van der Waals surface area contributed by atoms with Crippen molar-refractivity contribution in [3.8, 4) is 5.75 Å². The lowest BCUT2D eigenvalue weighted by molar-refractivity contribution is 0.0922. The molecule has 1 unspecified atom stereocenters. The summed E-state index contributed by atoms with van der Waals surface area (Å²) in [6.45, 7) is 4.36. The topological polar surface area (TPSA) is 51.2 Å². The molecule has 1 aromatic heterocycles. The molecule has 0 spiro atoms. The van der Waals surface area contributed by atoms with E-state index < -0.39 is 0 Å². The molecular weight excluding hydrogens is 260 g/mol. The van der Waals surface area contributed by atoms with Gasteiger partial charge in [0.2, 0.25) is 0 Å². The van der Waals surface area contributed by atoms with Crippen LogP contribution >= 0.6 is 11.3 Å². The van der Waals surface area contributed by atoms with E-state index in [1.807, 2.05) is 38.1 Å². The molecule has 0 saturated carbocycles. The van der Waals surface area contributed by atoms with Crippen molar-refractivity contribution in [2.24, 2.45) is 0 Å². The van der Waals surface area contributed by atoms with E-state index in [0.717, 1.165) is 5.75 Å². The molecule has 4 nitrogen and oxygen atoms in total. The summed E-state index contributed by atoms with van der Waals surface area (Å²) in [5.74, 6) is 0.640. The van der Waals surface area contributed by atoms with Gasteiger partial charge in [-0.05, 0) is 26.0 Å². The second-order valence-corrected chi connectivity index (χ2v) is 5.09. The molecule has 1 aromatic carbocycles. The van der Waals surface area contributed by atoms with Gasteiger partial charge < -0.3 is 10.1 Å². The molecule has 0 bridgehead atoms. The van der Waals surface area contributed by atoms with Gasteiger partial charge in [-0.15, -0.1) is 11.3 Å². The van der Waals surface area contributed by atoms with Crippen LogP contribution in [-0.2, 0) is 0 Å². The van der Waals surface area contributed by atoms with Crippen molar-refractivity contribution in [1.29, 1.82) is 0 Å². The van der Waals surface area contributed by atoms with Crippen LogP contribution < -0.4 is 10.1 Å². The monoisotopic (exact) mass is 276 g/mol. The molecule has 0 radical (unpaired) electrons. The SMILES string of the molecule is Cc1ccc(OCC(C)NC(=O)c2cscn2)cc1. The average molecular weight is 276 g/mol. The molecule has 1 heterocycles. The fourth-order valence-corrected chi connectivity index (χ4v) is 2.05. The smallest absolute Gasteiger partial charge is 0.271 e. The summed E-state index contributed by atoms with van der Waals surface area (Å²) >= 11 is 1.40. The van der Waals surface area contributed by atoms with Crippen molar-refractivity contribution in [3.05, 3.63) is 46.4 Å². The largest absolute Gasteiger partial charge is 0.491 e. The van der Waals surface area contributed by atoms with Gasteiger partial charge in [0.1, 0.15) is 18.1 Å². The van der Waals surface area contributed by atoms with Crippen molar-refractivity contribution in [2.45, 2.75) is 19.9 Å². The number of amides is 1. The first-order chi connectivity index (χ1) is 9.15. The Balaban J connectivity index is 1.80. The summed E-state index contributed by atoms with van der Waals surface area (Å²) < 4.78 is 5.61. The molecule has 2 rings (SSSR count). The predicted molar refractivity (Wildman–Crippen MR) is 75.7 cm³/mol. The van der Waals surface area contributed by atoms with Crippen LogP contribution in [0, 0.1) is 6.92 Å². The Hall–Kier alpha value is -1.88. The first-order valence-electron chi connectivity index (χ1n) is 6.03. The van der Waals surface area contributed by atoms with Crippen molar-refractivity contribution in [3.63, 3.8) is 0 Å². The van der Waals surface area contributed by atoms with Crippen molar-refractivity contribution in [2.75, 3.05) is 6.61 Å². The van der Waals surface area contributed by atoms with Gasteiger partial charge in [-0.3, -0.25) is 4.79 Å². The average Bonchev–Trinajstić information content (AvgIpc) is 2.92. The molecule has 1 atom stereocenters. The molecule has 1 amide bonds. The third-order valence-electron chi connectivity index (χ3n) is 2.56. The number of rotatable bonds is 5. The lowest BCUT2D eigenvalue weighted by atomic mass is 10.2. The standard InChI is InChI=1S/C14H16N2O2S/c1-10-3-5-12(6-4-10)18-7-11(2)16-14(17)13-8-19-9-15-13/h3-6,8-9,11H,7H2,1-2H3,(H,16,17). The molecule has 2 aromatic rings. The van der Waals surface area contributed by atoms with Crippen LogP contribution in [0.15, 0.2) is 35.2 Å². The zero-order valence-corrected chi connectivity index (χ0v) is 11.7. The number of ether oxygens (including phenoxy) is 1. The van der Waals surface area contributed by atoms with Crippen LogP contribution in [0.25, 0.3) is 0 Å². The molecule has 100 valence electrons. The molecule has 0 aliphatic carbocycles. The summed E-state index contributed by atoms with van der Waals surface area (Å²) in [6.07, 6.45) is 0. The highest BCUT2D eigenvalue weighted by Gasteiger charge is 2.11. The second-order valence-electron chi connectivity index (χ2n) is 4.37. The lowest BCUT2D eigenvalue weighted by Crippen LogP contribution is -2.36. The Morgan fingerprint density at radius 2 is 2.16 bits per heavy atom. The third kappa shape index (κ3) is 4.06. The normalized spacial score (nSPS) is 11.9. The number of thiazole rings is 1. The molecule has 5 heteroatoms. The summed E-state index contributed by atoms with van der Waals surface area (Å²) in [7, 11) is 0. The van der Waals surface area contributed by atoms with Crippen LogP contribution in [0.5, 0.6) is 5.75 Å². The van der Waals surface area contributed by atoms with E-state index in [4.69, 9.17) is 4.74 Å². The highest BCUT2D eigenvalue weighted by Crippen LogP contribution is 2.11. The lowest BCUT2D eigenvalue weighted by Gasteiger charge is -2.14. The maximum atomic E-state index is 11.7. The van der Waals surface area contributed by atoms with Gasteiger partial charge in [-0.1, -0.05) is 17.7 Å². The molecular formula is C14H16N2O2S. The van der Waals surface area contributed by atoms with Crippen LogP contribution in [0.4, 0.5) is 0 Å². The number of carbonyl (C=O) groups is 1. The Morgan fingerprint density at radius 3 is 2.79 bits per heavy atom. The van der Waals surface area contributed by atoms with E-state index in [0.29, 0.717) is 12.3 Å². The maximum Gasteiger partial charge on any atom is 0.271 e. The first-order valence-corrected chi connectivity index (χ1v) is 6.98. The number of benzene rings is 1. The highest BCUT2D eigenvalue weighted by atomic mass is 32.1. The van der Waals surface area contributed by atoms with E-state index in [-0.39, 0.29) is 11.9 Å². The van der Waals surface area contributed by atoms with Gasteiger partial charge in [0.15, 0.2) is 0 Å². The van der Waals surface area contributed by atoms with Gasteiger partial charge in [-0.25, -0.2) is 4.98 Å². The van der Waals surface area contributed by atoms with Crippen molar-refractivity contribution >= 4 is 17.2 Å². The zero-order chi connectivity index (χ0) is 13.7. The minimum atomic E-state index is -0.166. The van der Waals surface area contributed by atoms with Crippen LogP contribution in [-0.4, -0.2) is 23.5 Å². The van der Waals surface area contributed by atoms with Crippen LogP contribution in [0.3, 0.4) is 0 Å². The van der Waals surface area contributed by atoms with Crippen molar-refractivity contribution < 1.29 is 9.53 Å². The summed E-state index contributed by atoms with van der Waals surface area (Å²) in [6, 6.07) is 7.76. The number of carbonyl (C=O) groups excluding carboxylic acids is 1. The highest BCUT2D eigenvalue weighted by molar-refractivity contribution is 7.07. The van der Waals surface area contributed by atoms with Gasteiger partial charge in [0, 0.05) is 5.38 Å². The van der Waals surface area contributed by atoms with E-state index >= 15 is 0 Å². The predicted octanol–water partition coefficient (Wildman–Crippen LogP) is 2.65. The summed E-state index contributed by atoms with van der Waals surface area (Å²) in [5.41, 5.74) is 3.28. The number of nitrogens with zero attached hydrogens (tertiary/aromatic N) is 1.